The molecular weight excluding hydrogens is 138 g/mol. The van der Waals surface area contributed by atoms with Crippen LogP contribution in [-0.4, -0.2) is 10.7 Å². The van der Waals surface area contributed by atoms with Crippen LogP contribution < -0.4 is 5.43 Å². The number of hydrogen-bond acceptors (Lipinski definition) is 3. The summed E-state index contributed by atoms with van der Waals surface area (Å²) >= 11 is 0. The van der Waals surface area contributed by atoms with E-state index in [1.807, 2.05) is 25.1 Å². The van der Waals surface area contributed by atoms with Crippen LogP contribution in [0.2, 0.25) is 0 Å². The number of nitrogens with one attached hydrogen (secondary N) is 1. The molecule has 0 aliphatic carbocycles. The largest absolute Gasteiger partial charge is 0.261 e. The lowest BCUT2D eigenvalue weighted by atomic mass is 10.5. The molecule has 0 aliphatic rings. The molecule has 1 rings (SSSR count). The second-order valence-electron chi connectivity index (χ2n) is 2.17. The molecule has 11 heavy (non-hydrogen) atoms. The van der Waals surface area contributed by atoms with Gasteiger partial charge in [-0.3, -0.25) is 5.43 Å². The molecule has 0 saturated heterocycles. The first-order valence-corrected chi connectivity index (χ1v) is 3.32. The van der Waals surface area contributed by atoms with Crippen molar-refractivity contribution in [1.29, 1.82) is 0 Å². The van der Waals surface area contributed by atoms with Crippen LogP contribution in [0.1, 0.15) is 6.92 Å². The lowest BCUT2D eigenvalue weighted by molar-refractivity contribution is 1.22. The molecule has 3 nitrogen and oxygen atoms in total. The summed E-state index contributed by atoms with van der Waals surface area (Å²) in [6, 6.07) is 5.58. The summed E-state index contributed by atoms with van der Waals surface area (Å²) in [7, 11) is 0. The molecule has 0 aromatic carbocycles. The Morgan fingerprint density at radius 2 is 2.45 bits per heavy atom. The van der Waals surface area contributed by atoms with Crippen LogP contribution in [0, 0.1) is 6.92 Å². The van der Waals surface area contributed by atoms with Crippen molar-refractivity contribution in [2.75, 3.05) is 5.43 Å². The maximum atomic E-state index is 4.00. The highest BCUT2D eigenvalue weighted by atomic mass is 15.3. The van der Waals surface area contributed by atoms with Crippen molar-refractivity contribution in [2.45, 2.75) is 6.92 Å². The van der Waals surface area contributed by atoms with Crippen LogP contribution in [0.3, 0.4) is 0 Å². The summed E-state index contributed by atoms with van der Waals surface area (Å²) in [5, 5.41) is 3.89. The molecule has 57 valence electrons. The lowest BCUT2D eigenvalue weighted by Gasteiger charge is -1.97. The van der Waals surface area contributed by atoms with Gasteiger partial charge in [-0.2, -0.15) is 5.10 Å². The Morgan fingerprint density at radius 1 is 1.64 bits per heavy atom. The summed E-state index contributed by atoms with van der Waals surface area (Å²) in [5.41, 5.74) is 3.49. The van der Waals surface area contributed by atoms with Crippen molar-refractivity contribution < 1.29 is 0 Å². The average molecular weight is 148 g/mol. The van der Waals surface area contributed by atoms with Crippen molar-refractivity contribution in [1.82, 2.24) is 4.98 Å². The number of rotatable bonds is 2. The minimum Gasteiger partial charge on any atom is -0.261 e. The summed E-state index contributed by atoms with van der Waals surface area (Å²) in [6.45, 7) is 5.43. The van der Waals surface area contributed by atoms with E-state index in [1.54, 1.807) is 6.20 Å². The minimum absolute atomic E-state index is 0.732. The summed E-state index contributed by atoms with van der Waals surface area (Å²) in [4.78, 5) is 4.00. The van der Waals surface area contributed by atoms with Crippen molar-refractivity contribution in [3.8, 4) is 0 Å². The molecule has 1 heterocycles. The Morgan fingerprint density at radius 3 is 3.00 bits per heavy atom. The van der Waals surface area contributed by atoms with Gasteiger partial charge in [0, 0.05) is 11.9 Å². The molecule has 0 aliphatic heterocycles. The average Bonchev–Trinajstić information content (AvgIpc) is 2.03. The van der Waals surface area contributed by atoms with Crippen LogP contribution in [0.5, 0.6) is 0 Å². The zero-order chi connectivity index (χ0) is 8.10. The van der Waals surface area contributed by atoms with Gasteiger partial charge in [-0.1, -0.05) is 6.07 Å². The van der Waals surface area contributed by atoms with Crippen molar-refractivity contribution >= 4 is 11.5 Å². The normalized spacial score (nSPS) is 11.3. The first-order valence-electron chi connectivity index (χ1n) is 3.32. The molecule has 1 aromatic heterocycles. The van der Waals surface area contributed by atoms with Gasteiger partial charge in [0.25, 0.3) is 0 Å². The fraction of sp³-hybridized carbons (Fsp3) is 0.125. The molecule has 1 radical (unpaired) electrons. The number of hydrazone groups is 1. The molecular formula is C8H10N3. The standard InChI is InChI=1S/C8H10N3/c1-7(2)10-11-8-5-3-4-6-9-8/h3-6H,1H2,2H3,(H,9,11)/b10-7+. The molecule has 0 fully saturated rings. The second kappa shape index (κ2) is 3.71. The van der Waals surface area contributed by atoms with E-state index in [2.05, 4.69) is 22.4 Å². The third kappa shape index (κ3) is 2.80. The topological polar surface area (TPSA) is 37.3 Å². The number of nitrogens with zero attached hydrogens (tertiary/aromatic N) is 2. The Labute approximate surface area is 66.2 Å². The summed E-state index contributed by atoms with van der Waals surface area (Å²) < 4.78 is 0. The molecule has 1 N–H and O–H groups in total. The predicted molar refractivity (Wildman–Crippen MR) is 46.3 cm³/mol. The summed E-state index contributed by atoms with van der Waals surface area (Å²) in [5.74, 6) is 0.732. The fourth-order valence-electron chi connectivity index (χ4n) is 0.582. The van der Waals surface area contributed by atoms with Crippen LogP contribution in [-0.2, 0) is 0 Å². The van der Waals surface area contributed by atoms with Crippen LogP contribution >= 0.6 is 0 Å². The quantitative estimate of drug-likeness (QED) is 0.512. The third-order valence-corrected chi connectivity index (χ3v) is 1.03. The Hall–Kier alpha value is -1.38. The highest BCUT2D eigenvalue weighted by Gasteiger charge is 1.85. The maximum absolute atomic E-state index is 4.00. The van der Waals surface area contributed by atoms with E-state index in [0.717, 1.165) is 11.5 Å². The maximum Gasteiger partial charge on any atom is 0.146 e. The van der Waals surface area contributed by atoms with Gasteiger partial charge < -0.3 is 0 Å². The van der Waals surface area contributed by atoms with E-state index in [1.165, 1.54) is 0 Å². The van der Waals surface area contributed by atoms with E-state index in [0.29, 0.717) is 0 Å². The molecule has 0 unspecified atom stereocenters. The van der Waals surface area contributed by atoms with E-state index in [-0.39, 0.29) is 0 Å². The molecule has 0 spiro atoms. The number of hydrogen-bond donors (Lipinski definition) is 1. The van der Waals surface area contributed by atoms with Crippen molar-refractivity contribution in [2.24, 2.45) is 5.10 Å². The molecule has 0 amide bonds. The monoisotopic (exact) mass is 148 g/mol. The number of aromatic nitrogens is 1. The third-order valence-electron chi connectivity index (χ3n) is 1.03. The van der Waals surface area contributed by atoms with Gasteiger partial charge in [-0.05, 0) is 26.0 Å². The fourth-order valence-corrected chi connectivity index (χ4v) is 0.582. The Bertz CT molecular complexity index is 237. The zero-order valence-corrected chi connectivity index (χ0v) is 6.41. The van der Waals surface area contributed by atoms with Crippen LogP contribution in [0.4, 0.5) is 5.82 Å². The van der Waals surface area contributed by atoms with Gasteiger partial charge >= 0.3 is 0 Å². The lowest BCUT2D eigenvalue weighted by Crippen LogP contribution is -1.94. The Kier molecular flexibility index (Phi) is 2.60. The van der Waals surface area contributed by atoms with Crippen LogP contribution in [0.25, 0.3) is 0 Å². The van der Waals surface area contributed by atoms with E-state index in [9.17, 15) is 0 Å². The number of anilines is 1. The molecule has 3 heteroatoms. The predicted octanol–water partition coefficient (Wildman–Crippen LogP) is 1.70. The van der Waals surface area contributed by atoms with Gasteiger partial charge in [0.1, 0.15) is 5.82 Å². The smallest absolute Gasteiger partial charge is 0.146 e. The van der Waals surface area contributed by atoms with Gasteiger partial charge in [0.2, 0.25) is 0 Å². The molecule has 1 aromatic rings. The number of pyridine rings is 1. The molecule has 0 bridgehead atoms. The highest BCUT2D eigenvalue weighted by Crippen LogP contribution is 1.98. The SMILES string of the molecule is [CH2]/C(C)=N\Nc1ccccn1. The zero-order valence-electron chi connectivity index (χ0n) is 6.41. The molecule has 0 saturated carbocycles. The Balaban J connectivity index is 2.59. The van der Waals surface area contributed by atoms with Crippen LogP contribution in [0.15, 0.2) is 29.5 Å². The first kappa shape index (κ1) is 7.72. The first-order chi connectivity index (χ1) is 5.29. The van der Waals surface area contributed by atoms with E-state index >= 15 is 0 Å². The second-order valence-corrected chi connectivity index (χ2v) is 2.17. The van der Waals surface area contributed by atoms with E-state index in [4.69, 9.17) is 0 Å². The van der Waals surface area contributed by atoms with Gasteiger partial charge in [-0.25, -0.2) is 4.98 Å². The summed E-state index contributed by atoms with van der Waals surface area (Å²) in [6.07, 6.45) is 1.70. The van der Waals surface area contributed by atoms with E-state index < -0.39 is 0 Å². The van der Waals surface area contributed by atoms with Gasteiger partial charge in [-0.15, -0.1) is 0 Å². The van der Waals surface area contributed by atoms with Crippen molar-refractivity contribution in [3.63, 3.8) is 0 Å². The van der Waals surface area contributed by atoms with Gasteiger partial charge in [0.05, 0.1) is 0 Å². The highest BCUT2D eigenvalue weighted by molar-refractivity contribution is 5.86. The van der Waals surface area contributed by atoms with Crippen molar-refractivity contribution in [3.05, 3.63) is 31.3 Å². The van der Waals surface area contributed by atoms with Gasteiger partial charge in [0.15, 0.2) is 0 Å². The molecule has 0 atom stereocenters. The minimum atomic E-state index is 0.732.